The Labute approximate surface area is 86.4 Å². The Bertz CT molecular complexity index is 573. The van der Waals surface area contributed by atoms with Crippen molar-refractivity contribution in [2.75, 3.05) is 0 Å². The van der Waals surface area contributed by atoms with Gasteiger partial charge in [0.05, 0.1) is 5.69 Å². The third-order valence-electron chi connectivity index (χ3n) is 2.37. The molecule has 2 N–H and O–H groups in total. The van der Waals surface area contributed by atoms with Crippen molar-refractivity contribution in [3.05, 3.63) is 36.2 Å². The van der Waals surface area contributed by atoms with Gasteiger partial charge in [-0.25, -0.2) is 4.98 Å². The van der Waals surface area contributed by atoms with Crippen LogP contribution in [0.4, 0.5) is 0 Å². The second-order valence-corrected chi connectivity index (χ2v) is 3.51. The van der Waals surface area contributed by atoms with E-state index in [1.54, 1.807) is 0 Å². The van der Waals surface area contributed by atoms with Gasteiger partial charge in [0.15, 0.2) is 5.82 Å². The molecule has 3 rings (SSSR count). The number of fused-ring (bicyclic) bond motifs is 1. The molecule has 0 aliphatic rings. The van der Waals surface area contributed by atoms with E-state index in [0.717, 1.165) is 17.0 Å². The van der Waals surface area contributed by atoms with Crippen molar-refractivity contribution in [3.8, 4) is 11.5 Å². The van der Waals surface area contributed by atoms with Gasteiger partial charge in [0.1, 0.15) is 5.82 Å². The van der Waals surface area contributed by atoms with Crippen LogP contribution < -0.4 is 0 Å². The lowest BCUT2D eigenvalue weighted by atomic mass is 10.2. The molecule has 2 heterocycles. The maximum absolute atomic E-state index is 4.28. The van der Waals surface area contributed by atoms with Crippen molar-refractivity contribution < 1.29 is 0 Å². The quantitative estimate of drug-likeness (QED) is 0.630. The highest BCUT2D eigenvalue weighted by molar-refractivity contribution is 5.84. The highest BCUT2D eigenvalue weighted by Crippen LogP contribution is 2.20. The summed E-state index contributed by atoms with van der Waals surface area (Å²) in [7, 11) is 0. The van der Waals surface area contributed by atoms with Gasteiger partial charge in [-0.05, 0) is 19.1 Å². The average Bonchev–Trinajstić information content (AvgIpc) is 2.82. The Kier molecular flexibility index (Phi) is 1.62. The average molecular weight is 198 g/mol. The Hall–Kier alpha value is -2.10. The first kappa shape index (κ1) is 8.23. The number of hydrogen-bond acceptors (Lipinski definition) is 2. The molecule has 74 valence electrons. The maximum atomic E-state index is 4.28. The van der Waals surface area contributed by atoms with Crippen molar-refractivity contribution in [3.63, 3.8) is 0 Å². The van der Waals surface area contributed by atoms with E-state index in [-0.39, 0.29) is 0 Å². The minimum atomic E-state index is 0.712. The molecular formula is C11H10N4. The Morgan fingerprint density at radius 3 is 2.80 bits per heavy atom. The van der Waals surface area contributed by atoms with E-state index < -0.39 is 0 Å². The summed E-state index contributed by atoms with van der Waals surface area (Å²) < 4.78 is 0. The van der Waals surface area contributed by atoms with Crippen molar-refractivity contribution in [2.24, 2.45) is 0 Å². The van der Waals surface area contributed by atoms with Crippen LogP contribution in [0.15, 0.2) is 30.3 Å². The number of nitrogens with one attached hydrogen (secondary N) is 2. The number of aromatic nitrogens is 4. The highest BCUT2D eigenvalue weighted by atomic mass is 15.2. The van der Waals surface area contributed by atoms with Crippen LogP contribution in [-0.2, 0) is 0 Å². The minimum absolute atomic E-state index is 0.712. The Balaban J connectivity index is 2.19. The zero-order chi connectivity index (χ0) is 10.3. The van der Waals surface area contributed by atoms with E-state index in [9.17, 15) is 0 Å². The van der Waals surface area contributed by atoms with Crippen LogP contribution in [0.25, 0.3) is 22.4 Å². The van der Waals surface area contributed by atoms with Crippen LogP contribution in [0, 0.1) is 6.92 Å². The number of H-pyrrole nitrogens is 2. The summed E-state index contributed by atoms with van der Waals surface area (Å²) in [6.45, 7) is 1.89. The third-order valence-corrected chi connectivity index (χ3v) is 2.37. The first-order chi connectivity index (χ1) is 7.33. The lowest BCUT2D eigenvalue weighted by molar-refractivity contribution is 1.04. The predicted molar refractivity (Wildman–Crippen MR) is 58.4 cm³/mol. The largest absolute Gasteiger partial charge is 0.352 e. The summed E-state index contributed by atoms with van der Waals surface area (Å²) in [5, 5.41) is 8.12. The number of nitrogens with zero attached hydrogens (tertiary/aromatic N) is 2. The Morgan fingerprint density at radius 2 is 2.07 bits per heavy atom. The molecule has 4 nitrogen and oxygen atoms in total. The number of benzene rings is 1. The zero-order valence-electron chi connectivity index (χ0n) is 8.28. The first-order valence-electron chi connectivity index (χ1n) is 4.80. The van der Waals surface area contributed by atoms with Crippen molar-refractivity contribution in [2.45, 2.75) is 6.92 Å². The van der Waals surface area contributed by atoms with Gasteiger partial charge in [0.25, 0.3) is 0 Å². The van der Waals surface area contributed by atoms with Crippen molar-refractivity contribution >= 4 is 10.9 Å². The van der Waals surface area contributed by atoms with Crippen LogP contribution in [0.2, 0.25) is 0 Å². The topological polar surface area (TPSA) is 57.4 Å². The standard InChI is InChI=1S/C11H10N4/c1-7-12-11(15-14-7)10-6-8-4-2-3-5-9(8)13-10/h2-6,13H,1H3,(H,12,14,15). The zero-order valence-corrected chi connectivity index (χ0v) is 8.28. The summed E-state index contributed by atoms with van der Waals surface area (Å²) in [6.07, 6.45) is 0. The number of hydrogen-bond donors (Lipinski definition) is 2. The molecule has 0 fully saturated rings. The highest BCUT2D eigenvalue weighted by Gasteiger charge is 2.06. The van der Waals surface area contributed by atoms with Gasteiger partial charge in [-0.1, -0.05) is 18.2 Å². The van der Waals surface area contributed by atoms with Gasteiger partial charge >= 0.3 is 0 Å². The van der Waals surface area contributed by atoms with Gasteiger partial charge in [-0.2, -0.15) is 5.10 Å². The molecular weight excluding hydrogens is 188 g/mol. The second kappa shape index (κ2) is 2.95. The lowest BCUT2D eigenvalue weighted by Crippen LogP contribution is -1.79. The maximum Gasteiger partial charge on any atom is 0.197 e. The fourth-order valence-corrected chi connectivity index (χ4v) is 1.66. The van der Waals surface area contributed by atoms with E-state index >= 15 is 0 Å². The SMILES string of the molecule is Cc1nc(-c2cc3ccccc3[nH]2)n[nH]1. The first-order valence-corrected chi connectivity index (χ1v) is 4.80. The second-order valence-electron chi connectivity index (χ2n) is 3.51. The minimum Gasteiger partial charge on any atom is -0.352 e. The smallest absolute Gasteiger partial charge is 0.197 e. The molecule has 0 saturated carbocycles. The van der Waals surface area contributed by atoms with E-state index in [1.165, 1.54) is 5.39 Å². The van der Waals surface area contributed by atoms with Crippen LogP contribution in [-0.4, -0.2) is 20.2 Å². The molecule has 2 aromatic heterocycles. The summed E-state index contributed by atoms with van der Waals surface area (Å²) >= 11 is 0. The normalized spacial score (nSPS) is 11.0. The lowest BCUT2D eigenvalue weighted by Gasteiger charge is -1.86. The molecule has 0 radical (unpaired) electrons. The molecule has 0 bridgehead atoms. The van der Waals surface area contributed by atoms with Gasteiger partial charge in [0, 0.05) is 10.9 Å². The summed E-state index contributed by atoms with van der Waals surface area (Å²) in [6, 6.07) is 10.2. The summed E-state index contributed by atoms with van der Waals surface area (Å²) in [5.41, 5.74) is 2.05. The van der Waals surface area contributed by atoms with Crippen LogP contribution in [0.3, 0.4) is 0 Å². The molecule has 0 spiro atoms. The van der Waals surface area contributed by atoms with E-state index in [4.69, 9.17) is 0 Å². The predicted octanol–water partition coefficient (Wildman–Crippen LogP) is 2.26. The number of para-hydroxylation sites is 1. The number of rotatable bonds is 1. The fourth-order valence-electron chi connectivity index (χ4n) is 1.66. The Morgan fingerprint density at radius 1 is 1.20 bits per heavy atom. The molecule has 0 atom stereocenters. The molecule has 4 heteroatoms. The van der Waals surface area contributed by atoms with Crippen LogP contribution >= 0.6 is 0 Å². The van der Waals surface area contributed by atoms with Crippen molar-refractivity contribution in [1.29, 1.82) is 0 Å². The molecule has 0 unspecified atom stereocenters. The van der Waals surface area contributed by atoms with Gasteiger partial charge < -0.3 is 4.98 Å². The van der Waals surface area contributed by atoms with E-state index in [0.29, 0.717) is 5.82 Å². The number of aromatic amines is 2. The molecule has 0 amide bonds. The monoisotopic (exact) mass is 198 g/mol. The van der Waals surface area contributed by atoms with E-state index in [1.807, 2.05) is 25.1 Å². The van der Waals surface area contributed by atoms with Gasteiger partial charge in [-0.3, -0.25) is 5.10 Å². The van der Waals surface area contributed by atoms with E-state index in [2.05, 4.69) is 32.3 Å². The summed E-state index contributed by atoms with van der Waals surface area (Å²) in [4.78, 5) is 7.56. The molecule has 3 aromatic rings. The van der Waals surface area contributed by atoms with Crippen LogP contribution in [0.1, 0.15) is 5.82 Å². The molecule has 0 aliphatic carbocycles. The number of aryl methyl sites for hydroxylation is 1. The fraction of sp³-hybridized carbons (Fsp3) is 0.0909. The van der Waals surface area contributed by atoms with Gasteiger partial charge in [-0.15, -0.1) is 0 Å². The van der Waals surface area contributed by atoms with Gasteiger partial charge in [0.2, 0.25) is 0 Å². The third kappa shape index (κ3) is 1.30. The van der Waals surface area contributed by atoms with Crippen molar-refractivity contribution in [1.82, 2.24) is 20.2 Å². The van der Waals surface area contributed by atoms with Crippen LogP contribution in [0.5, 0.6) is 0 Å². The molecule has 15 heavy (non-hydrogen) atoms. The molecule has 0 saturated heterocycles. The molecule has 1 aromatic carbocycles. The summed E-state index contributed by atoms with van der Waals surface area (Å²) in [5.74, 6) is 1.53. The molecule has 0 aliphatic heterocycles.